The van der Waals surface area contributed by atoms with Crippen molar-refractivity contribution in [1.29, 1.82) is 0 Å². The molecule has 0 aromatic heterocycles. The minimum Gasteiger partial charge on any atom is -0.457 e. The van der Waals surface area contributed by atoms with Gasteiger partial charge in [0.25, 0.3) is 0 Å². The third-order valence-corrected chi connectivity index (χ3v) is 15.4. The average Bonchev–Trinajstić information content (AvgIpc) is 3.85. The van der Waals surface area contributed by atoms with Gasteiger partial charge in [0, 0.05) is 39.2 Å². The normalized spacial score (nSPS) is 14.3. The molecule has 11 aromatic carbocycles. The number of hydrogen-bond donors (Lipinski definition) is 0. The number of nitrogens with zero attached hydrogens (tertiary/aromatic N) is 1. The number of anilines is 3. The van der Waals surface area contributed by atoms with Crippen LogP contribution in [0.3, 0.4) is 0 Å². The fraction of sp³-hybridized carbons (Fsp3) is 0.0303. The zero-order valence-electron chi connectivity index (χ0n) is 37.4. The number of fused-ring (bicyclic) bond motifs is 19. The molecule has 0 fully saturated rings. The van der Waals surface area contributed by atoms with Gasteiger partial charge in [-0.1, -0.05) is 182 Å². The Morgan fingerprint density at radius 3 is 1.26 bits per heavy atom. The first-order valence-electron chi connectivity index (χ1n) is 23.8. The minimum absolute atomic E-state index is 0.569. The van der Waals surface area contributed by atoms with Crippen molar-refractivity contribution in [3.05, 3.63) is 293 Å². The Hall–Kier alpha value is -8.92. The van der Waals surface area contributed by atoms with Crippen LogP contribution in [0, 0.1) is 0 Å². The maximum atomic E-state index is 6.73. The summed E-state index contributed by atoms with van der Waals surface area (Å²) in [6.07, 6.45) is 0. The van der Waals surface area contributed by atoms with Crippen LogP contribution in [0.5, 0.6) is 23.0 Å². The van der Waals surface area contributed by atoms with E-state index in [1.54, 1.807) is 0 Å². The average molecular weight is 880 g/mol. The molecule has 2 aliphatic carbocycles. The van der Waals surface area contributed by atoms with Crippen LogP contribution in [0.4, 0.5) is 17.1 Å². The predicted molar refractivity (Wildman–Crippen MR) is 279 cm³/mol. The van der Waals surface area contributed by atoms with Gasteiger partial charge in [-0.3, -0.25) is 0 Å². The number of rotatable bonds is 4. The van der Waals surface area contributed by atoms with Gasteiger partial charge in [-0.15, -0.1) is 0 Å². The molecule has 3 heteroatoms. The van der Waals surface area contributed by atoms with Crippen LogP contribution >= 0.6 is 0 Å². The molecule has 15 rings (SSSR count). The van der Waals surface area contributed by atoms with Crippen molar-refractivity contribution in [3.8, 4) is 56.4 Å². The van der Waals surface area contributed by atoms with Crippen LogP contribution in [0.1, 0.15) is 44.5 Å². The molecule has 0 amide bonds. The lowest BCUT2D eigenvalue weighted by Crippen LogP contribution is -2.32. The van der Waals surface area contributed by atoms with Crippen molar-refractivity contribution in [2.75, 3.05) is 4.90 Å². The molecule has 11 aromatic rings. The Morgan fingerprint density at radius 2 is 0.681 bits per heavy atom. The van der Waals surface area contributed by atoms with E-state index in [-0.39, 0.29) is 0 Å². The molecule has 2 spiro atoms. The maximum absolute atomic E-state index is 6.73. The molecular formula is C66H41NO2. The molecule has 4 aliphatic rings. The Bertz CT molecular complexity index is 3850. The van der Waals surface area contributed by atoms with E-state index in [9.17, 15) is 0 Å². The van der Waals surface area contributed by atoms with E-state index in [2.05, 4.69) is 254 Å². The Kier molecular flexibility index (Phi) is 7.92. The van der Waals surface area contributed by atoms with E-state index < -0.39 is 10.8 Å². The fourth-order valence-corrected chi connectivity index (χ4v) is 12.7. The lowest BCUT2D eigenvalue weighted by molar-refractivity contribution is 0.436. The van der Waals surface area contributed by atoms with E-state index in [0.717, 1.165) is 73.4 Å². The van der Waals surface area contributed by atoms with E-state index in [4.69, 9.17) is 9.47 Å². The summed E-state index contributed by atoms with van der Waals surface area (Å²) in [4.78, 5) is 2.48. The van der Waals surface area contributed by atoms with Gasteiger partial charge < -0.3 is 14.4 Å². The Morgan fingerprint density at radius 1 is 0.261 bits per heavy atom. The van der Waals surface area contributed by atoms with E-state index in [1.807, 2.05) is 0 Å². The molecule has 0 N–H and O–H groups in total. The first-order chi connectivity index (χ1) is 34.2. The topological polar surface area (TPSA) is 21.7 Å². The van der Waals surface area contributed by atoms with Crippen molar-refractivity contribution in [1.82, 2.24) is 0 Å². The highest BCUT2D eigenvalue weighted by molar-refractivity contribution is 6.00. The lowest BCUT2D eigenvalue weighted by atomic mass is 9.66. The first-order valence-corrected chi connectivity index (χ1v) is 23.8. The summed E-state index contributed by atoms with van der Waals surface area (Å²) in [5.74, 6) is 3.55. The van der Waals surface area contributed by atoms with Gasteiger partial charge in [-0.2, -0.15) is 0 Å². The molecule has 0 atom stereocenters. The number of hydrogen-bond acceptors (Lipinski definition) is 3. The number of benzene rings is 11. The molecule has 322 valence electrons. The highest BCUT2D eigenvalue weighted by Crippen LogP contribution is 2.64. The smallest absolute Gasteiger partial charge is 0.132 e. The van der Waals surface area contributed by atoms with Gasteiger partial charge in [0.15, 0.2) is 0 Å². The second-order valence-electron chi connectivity index (χ2n) is 18.7. The van der Waals surface area contributed by atoms with Crippen molar-refractivity contribution in [2.24, 2.45) is 0 Å². The Labute approximate surface area is 400 Å². The summed E-state index contributed by atoms with van der Waals surface area (Å²) in [7, 11) is 0. The van der Waals surface area contributed by atoms with Crippen LogP contribution in [0.15, 0.2) is 249 Å². The molecule has 0 radical (unpaired) electrons. The van der Waals surface area contributed by atoms with E-state index in [1.165, 1.54) is 55.3 Å². The highest BCUT2D eigenvalue weighted by atomic mass is 16.5. The summed E-state index contributed by atoms with van der Waals surface area (Å²) in [5, 5.41) is 2.35. The molecule has 3 nitrogen and oxygen atoms in total. The lowest BCUT2D eigenvalue weighted by Gasteiger charge is -2.39. The summed E-state index contributed by atoms with van der Waals surface area (Å²) in [6.45, 7) is 0. The molecule has 2 heterocycles. The standard InChI is InChI=1S/C66H41NO2/c1-2-18-42(19-3-1)47-20-6-13-29-60(47)67(46-36-37-50-48-21-4-7-23-52(48)66(59(50)41-46)56-27-11-16-32-63(56)69-64-33-17-12-28-57(64)66)45-35-34-43-39-51-49-22-5-8-24-53(49)65(58(51)40-44(43)38-45)54-25-9-14-30-61(54)68-62-31-15-10-26-55(62)65/h1-41H. The molecule has 0 saturated carbocycles. The van der Waals surface area contributed by atoms with Crippen molar-refractivity contribution in [3.63, 3.8) is 0 Å². The van der Waals surface area contributed by atoms with Crippen molar-refractivity contribution in [2.45, 2.75) is 10.8 Å². The summed E-state index contributed by atoms with van der Waals surface area (Å²) in [6, 6.07) is 91.0. The minimum atomic E-state index is -0.610. The van der Waals surface area contributed by atoms with Gasteiger partial charge in [0.05, 0.1) is 16.5 Å². The second-order valence-corrected chi connectivity index (χ2v) is 18.7. The van der Waals surface area contributed by atoms with Gasteiger partial charge in [0.2, 0.25) is 0 Å². The van der Waals surface area contributed by atoms with E-state index >= 15 is 0 Å². The third-order valence-electron chi connectivity index (χ3n) is 15.4. The van der Waals surface area contributed by atoms with Gasteiger partial charge >= 0.3 is 0 Å². The summed E-state index contributed by atoms with van der Waals surface area (Å²) < 4.78 is 13.4. The van der Waals surface area contributed by atoms with Crippen LogP contribution in [-0.4, -0.2) is 0 Å². The van der Waals surface area contributed by atoms with Crippen LogP contribution in [0.25, 0.3) is 44.2 Å². The molecule has 69 heavy (non-hydrogen) atoms. The monoisotopic (exact) mass is 879 g/mol. The SMILES string of the molecule is c1ccc(-c2ccccc2N(c2ccc3c(c2)C2(c4ccccc4Oc4ccccc42)c2ccccc2-3)c2ccc3cc4c(cc3c2)C2(c3ccccc3Oc3ccccc32)c2ccccc2-4)cc1. The number of ether oxygens (including phenoxy) is 2. The third kappa shape index (κ3) is 5.11. The summed E-state index contributed by atoms with van der Waals surface area (Å²) in [5.41, 5.74) is 19.0. The number of para-hydroxylation sites is 5. The molecular weight excluding hydrogens is 839 g/mol. The predicted octanol–water partition coefficient (Wildman–Crippen LogP) is 16.9. The Balaban J connectivity index is 0.999. The van der Waals surface area contributed by atoms with Gasteiger partial charge in [0.1, 0.15) is 23.0 Å². The summed E-state index contributed by atoms with van der Waals surface area (Å²) >= 11 is 0. The van der Waals surface area contributed by atoms with E-state index in [0.29, 0.717) is 0 Å². The van der Waals surface area contributed by atoms with Gasteiger partial charge in [-0.25, -0.2) is 0 Å². The van der Waals surface area contributed by atoms with Crippen LogP contribution in [0.2, 0.25) is 0 Å². The fourth-order valence-electron chi connectivity index (χ4n) is 12.7. The van der Waals surface area contributed by atoms with Crippen LogP contribution < -0.4 is 14.4 Å². The van der Waals surface area contributed by atoms with Crippen molar-refractivity contribution < 1.29 is 9.47 Å². The second kappa shape index (κ2) is 14.3. The quantitative estimate of drug-likeness (QED) is 0.176. The molecule has 0 saturated heterocycles. The largest absolute Gasteiger partial charge is 0.457 e. The zero-order chi connectivity index (χ0) is 45.3. The van der Waals surface area contributed by atoms with Gasteiger partial charge in [-0.05, 0) is 128 Å². The zero-order valence-corrected chi connectivity index (χ0v) is 37.4. The maximum Gasteiger partial charge on any atom is 0.132 e. The first kappa shape index (κ1) is 38.2. The molecule has 2 aliphatic heterocycles. The highest BCUT2D eigenvalue weighted by Gasteiger charge is 2.53. The van der Waals surface area contributed by atoms with Crippen LogP contribution in [-0.2, 0) is 10.8 Å². The molecule has 0 unspecified atom stereocenters. The van der Waals surface area contributed by atoms with Crippen molar-refractivity contribution >= 4 is 27.8 Å². The molecule has 0 bridgehead atoms.